The first kappa shape index (κ1) is 25.4. The lowest BCUT2D eigenvalue weighted by molar-refractivity contribution is 0.0203. The first-order valence-electron chi connectivity index (χ1n) is 10.8. The SMILES string of the molecule is CN=C(NCCCOCC1CCOCC1)NCc1ccccc1Oc1ccccc1.I. The molecule has 0 aliphatic carbocycles. The van der Waals surface area contributed by atoms with Gasteiger partial charge in [-0.15, -0.1) is 24.0 Å². The van der Waals surface area contributed by atoms with Gasteiger partial charge in [-0.3, -0.25) is 4.99 Å². The Balaban J connectivity index is 0.00000341. The van der Waals surface area contributed by atoms with E-state index >= 15 is 0 Å². The lowest BCUT2D eigenvalue weighted by atomic mass is 10.0. The number of benzene rings is 2. The number of nitrogens with zero attached hydrogens (tertiary/aromatic N) is 1. The van der Waals surface area contributed by atoms with Gasteiger partial charge >= 0.3 is 0 Å². The number of para-hydroxylation sites is 2. The highest BCUT2D eigenvalue weighted by molar-refractivity contribution is 14.0. The molecule has 6 nitrogen and oxygen atoms in total. The van der Waals surface area contributed by atoms with Crippen LogP contribution in [0.25, 0.3) is 0 Å². The van der Waals surface area contributed by atoms with Crippen LogP contribution in [0.1, 0.15) is 24.8 Å². The standard InChI is InChI=1S/C24H33N3O3.HI/c1-25-24(26-14-7-15-29-19-20-12-16-28-17-13-20)27-18-21-8-5-6-11-23(21)30-22-9-3-2-4-10-22;/h2-6,8-11,20H,7,12-19H2,1H3,(H2,25,26,27);1H. The first-order chi connectivity index (χ1) is 14.8. The fourth-order valence-corrected chi connectivity index (χ4v) is 3.31. The number of rotatable bonds is 10. The fraction of sp³-hybridized carbons (Fsp3) is 0.458. The highest BCUT2D eigenvalue weighted by Crippen LogP contribution is 2.24. The topological polar surface area (TPSA) is 64.1 Å². The minimum Gasteiger partial charge on any atom is -0.457 e. The van der Waals surface area contributed by atoms with E-state index in [9.17, 15) is 0 Å². The summed E-state index contributed by atoms with van der Waals surface area (Å²) >= 11 is 0. The first-order valence-corrected chi connectivity index (χ1v) is 10.8. The van der Waals surface area contributed by atoms with E-state index in [1.807, 2.05) is 48.5 Å². The molecule has 0 spiro atoms. The predicted octanol–water partition coefficient (Wildman–Crippen LogP) is 4.60. The Morgan fingerprint density at radius 3 is 2.55 bits per heavy atom. The molecular weight excluding hydrogens is 505 g/mol. The lowest BCUT2D eigenvalue weighted by Gasteiger charge is -2.21. The largest absolute Gasteiger partial charge is 0.457 e. The summed E-state index contributed by atoms with van der Waals surface area (Å²) in [4.78, 5) is 4.31. The van der Waals surface area contributed by atoms with Gasteiger partial charge in [-0.05, 0) is 43.4 Å². The third kappa shape index (κ3) is 9.45. The van der Waals surface area contributed by atoms with Gasteiger partial charge < -0.3 is 24.8 Å². The van der Waals surface area contributed by atoms with Gasteiger partial charge in [-0.25, -0.2) is 0 Å². The Bertz CT molecular complexity index is 768. The van der Waals surface area contributed by atoms with E-state index in [1.165, 1.54) is 0 Å². The van der Waals surface area contributed by atoms with Gasteiger partial charge in [0.15, 0.2) is 5.96 Å². The second kappa shape index (κ2) is 15.0. The molecule has 0 aromatic heterocycles. The van der Waals surface area contributed by atoms with Crippen molar-refractivity contribution in [2.24, 2.45) is 10.9 Å². The van der Waals surface area contributed by atoms with Crippen molar-refractivity contribution in [2.75, 3.05) is 40.0 Å². The molecule has 0 radical (unpaired) electrons. The van der Waals surface area contributed by atoms with Crippen LogP contribution < -0.4 is 15.4 Å². The van der Waals surface area contributed by atoms with Gasteiger partial charge in [-0.2, -0.15) is 0 Å². The van der Waals surface area contributed by atoms with Crippen molar-refractivity contribution in [1.29, 1.82) is 0 Å². The molecule has 1 aliphatic rings. The second-order valence-electron chi connectivity index (χ2n) is 7.36. The Kier molecular flexibility index (Phi) is 12.3. The third-order valence-corrected chi connectivity index (χ3v) is 5.07. The summed E-state index contributed by atoms with van der Waals surface area (Å²) in [6.45, 7) is 4.79. The molecule has 0 atom stereocenters. The van der Waals surface area contributed by atoms with Crippen LogP contribution in [0.2, 0.25) is 0 Å². The van der Waals surface area contributed by atoms with Gasteiger partial charge in [0.1, 0.15) is 11.5 Å². The van der Waals surface area contributed by atoms with E-state index in [4.69, 9.17) is 14.2 Å². The summed E-state index contributed by atoms with van der Waals surface area (Å²) < 4.78 is 17.2. The molecule has 170 valence electrons. The maximum absolute atomic E-state index is 6.03. The monoisotopic (exact) mass is 539 g/mol. The molecule has 0 unspecified atom stereocenters. The summed E-state index contributed by atoms with van der Waals surface area (Å²) in [6.07, 6.45) is 3.17. The Morgan fingerprint density at radius 1 is 1.03 bits per heavy atom. The average Bonchev–Trinajstić information content (AvgIpc) is 2.80. The highest BCUT2D eigenvalue weighted by Gasteiger charge is 2.13. The number of guanidine groups is 1. The minimum atomic E-state index is 0. The summed E-state index contributed by atoms with van der Waals surface area (Å²) in [6, 6.07) is 17.9. The summed E-state index contributed by atoms with van der Waals surface area (Å²) in [5.74, 6) is 3.09. The van der Waals surface area contributed by atoms with Crippen molar-refractivity contribution in [3.05, 3.63) is 60.2 Å². The van der Waals surface area contributed by atoms with E-state index in [1.54, 1.807) is 7.05 Å². The van der Waals surface area contributed by atoms with Crippen LogP contribution in [-0.2, 0) is 16.0 Å². The van der Waals surface area contributed by atoms with Crippen molar-refractivity contribution in [3.63, 3.8) is 0 Å². The molecule has 1 saturated heterocycles. The van der Waals surface area contributed by atoms with Gasteiger partial charge in [-0.1, -0.05) is 36.4 Å². The van der Waals surface area contributed by atoms with Crippen LogP contribution in [0.5, 0.6) is 11.5 Å². The van der Waals surface area contributed by atoms with Crippen molar-refractivity contribution < 1.29 is 14.2 Å². The zero-order chi connectivity index (χ0) is 20.9. The maximum atomic E-state index is 6.03. The molecule has 2 aromatic carbocycles. The maximum Gasteiger partial charge on any atom is 0.191 e. The van der Waals surface area contributed by atoms with Crippen LogP contribution in [-0.4, -0.2) is 46.0 Å². The lowest BCUT2D eigenvalue weighted by Crippen LogP contribution is -2.37. The number of ether oxygens (including phenoxy) is 3. The van der Waals surface area contributed by atoms with Crippen LogP contribution >= 0.6 is 24.0 Å². The molecule has 0 bridgehead atoms. The van der Waals surface area contributed by atoms with Crippen molar-refractivity contribution >= 4 is 29.9 Å². The zero-order valence-electron chi connectivity index (χ0n) is 18.2. The quantitative estimate of drug-likeness (QED) is 0.200. The van der Waals surface area contributed by atoms with Crippen molar-refractivity contribution in [3.8, 4) is 11.5 Å². The molecule has 1 heterocycles. The zero-order valence-corrected chi connectivity index (χ0v) is 20.5. The van der Waals surface area contributed by atoms with Gasteiger partial charge in [0.2, 0.25) is 0 Å². The molecular formula is C24H34IN3O3. The van der Waals surface area contributed by atoms with E-state index < -0.39 is 0 Å². The Hall–Kier alpha value is -1.84. The molecule has 3 rings (SSSR count). The molecule has 31 heavy (non-hydrogen) atoms. The summed E-state index contributed by atoms with van der Waals surface area (Å²) in [7, 11) is 1.78. The average molecular weight is 539 g/mol. The Labute approximate surface area is 202 Å². The number of hydrogen-bond donors (Lipinski definition) is 2. The van der Waals surface area contributed by atoms with Crippen LogP contribution in [0.15, 0.2) is 59.6 Å². The molecule has 2 aromatic rings. The van der Waals surface area contributed by atoms with Crippen LogP contribution in [0, 0.1) is 5.92 Å². The highest BCUT2D eigenvalue weighted by atomic mass is 127. The molecule has 7 heteroatoms. The summed E-state index contributed by atoms with van der Waals surface area (Å²) in [5, 5.41) is 6.70. The van der Waals surface area contributed by atoms with Crippen molar-refractivity contribution in [2.45, 2.75) is 25.8 Å². The van der Waals surface area contributed by atoms with E-state index in [-0.39, 0.29) is 24.0 Å². The van der Waals surface area contributed by atoms with Crippen molar-refractivity contribution in [1.82, 2.24) is 10.6 Å². The van der Waals surface area contributed by atoms with Gasteiger partial charge in [0, 0.05) is 52.1 Å². The normalized spacial score (nSPS) is 14.5. The molecule has 0 amide bonds. The van der Waals surface area contributed by atoms with Gasteiger partial charge in [0.25, 0.3) is 0 Å². The second-order valence-corrected chi connectivity index (χ2v) is 7.36. The number of aliphatic imine (C=N–C) groups is 1. The number of nitrogens with one attached hydrogen (secondary N) is 2. The predicted molar refractivity (Wildman–Crippen MR) is 136 cm³/mol. The van der Waals surface area contributed by atoms with Crippen LogP contribution in [0.3, 0.4) is 0 Å². The number of hydrogen-bond acceptors (Lipinski definition) is 4. The number of halogens is 1. The van der Waals surface area contributed by atoms with E-state index in [0.717, 1.165) is 75.3 Å². The van der Waals surface area contributed by atoms with Gasteiger partial charge in [0.05, 0.1) is 0 Å². The minimum absolute atomic E-state index is 0. The van der Waals surface area contributed by atoms with Crippen LogP contribution in [0.4, 0.5) is 0 Å². The fourth-order valence-electron chi connectivity index (χ4n) is 3.31. The van der Waals surface area contributed by atoms with E-state index in [0.29, 0.717) is 12.5 Å². The molecule has 2 N–H and O–H groups in total. The smallest absolute Gasteiger partial charge is 0.191 e. The summed E-state index contributed by atoms with van der Waals surface area (Å²) in [5.41, 5.74) is 1.07. The molecule has 1 fully saturated rings. The third-order valence-electron chi connectivity index (χ3n) is 5.07. The molecule has 0 saturated carbocycles. The molecule has 1 aliphatic heterocycles. The Morgan fingerprint density at radius 2 is 1.77 bits per heavy atom. The van der Waals surface area contributed by atoms with E-state index in [2.05, 4.69) is 21.7 Å².